The molecule has 21 heavy (non-hydrogen) atoms. The fraction of sp³-hybridized carbons (Fsp3) is 0.667. The van der Waals surface area contributed by atoms with Crippen molar-refractivity contribution in [1.29, 1.82) is 0 Å². The number of nitrogens with zero attached hydrogens (tertiary/aromatic N) is 2. The zero-order valence-electron chi connectivity index (χ0n) is 14.6. The molecule has 0 spiro atoms. The van der Waals surface area contributed by atoms with Crippen LogP contribution in [0.5, 0.6) is 0 Å². The highest BCUT2D eigenvalue weighted by Crippen LogP contribution is 2.39. The Kier molecular flexibility index (Phi) is 10.9. The van der Waals surface area contributed by atoms with Crippen LogP contribution in [-0.2, 0) is 0 Å². The lowest BCUT2D eigenvalue weighted by molar-refractivity contribution is 0.306. The van der Waals surface area contributed by atoms with Gasteiger partial charge in [0.25, 0.3) is 0 Å². The van der Waals surface area contributed by atoms with Gasteiger partial charge in [-0.15, -0.1) is 0 Å². The van der Waals surface area contributed by atoms with Crippen LogP contribution in [0.15, 0.2) is 46.8 Å². The van der Waals surface area contributed by atoms with Gasteiger partial charge in [0, 0.05) is 11.0 Å². The molecule has 118 valence electrons. The third-order valence-corrected chi connectivity index (χ3v) is 3.89. The van der Waals surface area contributed by atoms with Crippen molar-refractivity contribution >= 4 is 7.85 Å². The zero-order valence-corrected chi connectivity index (χ0v) is 14.6. The molecule has 1 atom stereocenters. The van der Waals surface area contributed by atoms with Crippen LogP contribution in [0.3, 0.4) is 0 Å². The highest BCUT2D eigenvalue weighted by Gasteiger charge is 2.28. The number of rotatable bonds is 12. The lowest BCUT2D eigenvalue weighted by Crippen LogP contribution is -2.18. The van der Waals surface area contributed by atoms with Crippen molar-refractivity contribution < 1.29 is 0 Å². The van der Waals surface area contributed by atoms with E-state index in [1.54, 1.807) is 0 Å². The van der Waals surface area contributed by atoms with E-state index in [9.17, 15) is 0 Å². The topological polar surface area (TPSA) is 24.7 Å². The van der Waals surface area contributed by atoms with Gasteiger partial charge in [-0.3, -0.25) is 0 Å². The summed E-state index contributed by atoms with van der Waals surface area (Å²) in [6.45, 7) is 14.4. The Bertz CT molecular complexity index is 371. The maximum absolute atomic E-state index is 4.45. The van der Waals surface area contributed by atoms with Crippen LogP contribution in [0.25, 0.3) is 0 Å². The largest absolute Gasteiger partial charge is 0.167 e. The Hall–Kier alpha value is -1.12. The molecule has 1 unspecified atom stereocenters. The fourth-order valence-electron chi connectivity index (χ4n) is 2.50. The average molecular weight is 288 g/mol. The smallest absolute Gasteiger partial charge is 0.165 e. The molecular formula is C18H33BN2. The Balaban J connectivity index is 5.05. The molecule has 0 N–H and O–H groups in total. The number of hydrogen-bond donors (Lipinski definition) is 0. The fourth-order valence-corrected chi connectivity index (χ4v) is 2.50. The third-order valence-electron chi connectivity index (χ3n) is 3.89. The maximum atomic E-state index is 4.45. The van der Waals surface area contributed by atoms with Crippen LogP contribution in [0.4, 0.5) is 0 Å². The molecule has 0 aromatic carbocycles. The van der Waals surface area contributed by atoms with Crippen molar-refractivity contribution in [3.63, 3.8) is 0 Å². The molecule has 2 nitrogen and oxygen atoms in total. The van der Waals surface area contributed by atoms with E-state index in [1.165, 1.54) is 44.9 Å². The van der Waals surface area contributed by atoms with Crippen LogP contribution in [0, 0.1) is 5.41 Å². The number of allylic oxidation sites excluding steroid dienone is 3. The normalized spacial score (nSPS) is 15.1. The average Bonchev–Trinajstić information content (AvgIpc) is 2.45. The summed E-state index contributed by atoms with van der Waals surface area (Å²) < 4.78 is 0. The molecule has 0 aromatic heterocycles. The van der Waals surface area contributed by atoms with E-state index in [4.69, 9.17) is 0 Å². The molecule has 0 bridgehead atoms. The predicted molar refractivity (Wildman–Crippen MR) is 97.2 cm³/mol. The summed E-state index contributed by atoms with van der Waals surface area (Å²) in [5.41, 5.74) is 1.89. The van der Waals surface area contributed by atoms with Crippen molar-refractivity contribution in [3.8, 4) is 0 Å². The van der Waals surface area contributed by atoms with Crippen LogP contribution >= 0.6 is 0 Å². The molecule has 0 rings (SSSR count). The van der Waals surface area contributed by atoms with Gasteiger partial charge >= 0.3 is 0 Å². The Morgan fingerprint density at radius 3 is 2.19 bits per heavy atom. The predicted octanol–water partition coefficient (Wildman–Crippen LogP) is 5.78. The summed E-state index contributed by atoms with van der Waals surface area (Å²) in [6.07, 6.45) is 13.7. The first-order valence-corrected chi connectivity index (χ1v) is 8.40. The van der Waals surface area contributed by atoms with Crippen molar-refractivity contribution in [3.05, 3.63) is 36.6 Å². The standard InChI is InChI=1S/C18H33BN2/c1-6-9-11-12-15-18(5,14-10-7-2)17(13-8-3)21-20-16(4)19/h8,13H,3-4,6-7,9-12,14-15,19H2,1-2,5H3/b17-13-,21-20-. The highest BCUT2D eigenvalue weighted by molar-refractivity contribution is 6.20. The summed E-state index contributed by atoms with van der Waals surface area (Å²) in [6, 6.07) is 0. The third kappa shape index (κ3) is 8.69. The molecular weight excluding hydrogens is 255 g/mol. The van der Waals surface area contributed by atoms with E-state index in [0.717, 1.165) is 17.7 Å². The minimum absolute atomic E-state index is 0.0941. The number of unbranched alkanes of at least 4 members (excludes halogenated alkanes) is 4. The molecule has 0 aliphatic carbocycles. The van der Waals surface area contributed by atoms with Crippen molar-refractivity contribution in [2.75, 3.05) is 0 Å². The lowest BCUT2D eigenvalue weighted by Gasteiger charge is -2.30. The van der Waals surface area contributed by atoms with Crippen LogP contribution in [0.1, 0.15) is 72.1 Å². The van der Waals surface area contributed by atoms with Crippen molar-refractivity contribution in [2.24, 2.45) is 15.6 Å². The number of hydrogen-bond acceptors (Lipinski definition) is 2. The molecule has 0 aromatic rings. The molecule has 0 aliphatic heterocycles. The second-order valence-corrected chi connectivity index (χ2v) is 6.20. The molecule has 0 amide bonds. The van der Waals surface area contributed by atoms with Gasteiger partial charge in [0.15, 0.2) is 7.85 Å². The zero-order chi connectivity index (χ0) is 16.1. The summed E-state index contributed by atoms with van der Waals surface area (Å²) in [5.74, 6) is 0. The molecule has 0 aliphatic rings. The first-order valence-electron chi connectivity index (χ1n) is 8.40. The lowest BCUT2D eigenvalue weighted by atomic mass is 9.77. The Labute approximate surface area is 132 Å². The minimum Gasteiger partial charge on any atom is -0.167 e. The molecule has 0 saturated heterocycles. The van der Waals surface area contributed by atoms with E-state index < -0.39 is 0 Å². The summed E-state index contributed by atoms with van der Waals surface area (Å²) in [4.78, 5) is 0. The van der Waals surface area contributed by atoms with Crippen LogP contribution < -0.4 is 0 Å². The first kappa shape index (κ1) is 19.9. The molecule has 3 heteroatoms. The summed E-state index contributed by atoms with van der Waals surface area (Å²) in [7, 11) is 1.87. The van der Waals surface area contributed by atoms with Gasteiger partial charge in [-0.05, 0) is 18.9 Å². The van der Waals surface area contributed by atoms with E-state index in [-0.39, 0.29) is 5.41 Å². The quantitative estimate of drug-likeness (QED) is 0.188. The monoisotopic (exact) mass is 288 g/mol. The van der Waals surface area contributed by atoms with Crippen LogP contribution in [0.2, 0.25) is 0 Å². The van der Waals surface area contributed by atoms with Crippen LogP contribution in [-0.4, -0.2) is 7.85 Å². The SMILES string of the molecule is BC(=C)/N=N\C(=C/C=C)C(C)(CCCC)CCCCCC. The van der Waals surface area contributed by atoms with Crippen molar-refractivity contribution in [1.82, 2.24) is 0 Å². The van der Waals surface area contributed by atoms with Gasteiger partial charge < -0.3 is 0 Å². The van der Waals surface area contributed by atoms with Gasteiger partial charge in [0.05, 0.1) is 5.70 Å². The second kappa shape index (κ2) is 11.5. The van der Waals surface area contributed by atoms with Gasteiger partial charge in [-0.25, -0.2) is 0 Å². The van der Waals surface area contributed by atoms with E-state index in [2.05, 4.69) is 44.2 Å². The second-order valence-electron chi connectivity index (χ2n) is 6.20. The Morgan fingerprint density at radius 1 is 1.05 bits per heavy atom. The van der Waals surface area contributed by atoms with Gasteiger partial charge in [-0.1, -0.05) is 78.5 Å². The van der Waals surface area contributed by atoms with E-state index in [0.29, 0.717) is 0 Å². The van der Waals surface area contributed by atoms with Crippen molar-refractivity contribution in [2.45, 2.75) is 72.1 Å². The molecule has 0 radical (unpaired) electrons. The van der Waals surface area contributed by atoms with E-state index >= 15 is 0 Å². The molecule has 0 fully saturated rings. The van der Waals surface area contributed by atoms with Gasteiger partial charge in [0.2, 0.25) is 0 Å². The summed E-state index contributed by atoms with van der Waals surface area (Å²) >= 11 is 0. The van der Waals surface area contributed by atoms with Gasteiger partial charge in [0.1, 0.15) is 0 Å². The first-order chi connectivity index (χ1) is 10.00. The van der Waals surface area contributed by atoms with E-state index in [1.807, 2.05) is 20.0 Å². The highest BCUT2D eigenvalue weighted by atomic mass is 15.1. The Morgan fingerprint density at radius 2 is 1.67 bits per heavy atom. The maximum Gasteiger partial charge on any atom is 0.165 e. The molecule has 0 saturated carbocycles. The van der Waals surface area contributed by atoms with Gasteiger partial charge in [-0.2, -0.15) is 10.2 Å². The minimum atomic E-state index is 0.0941. The summed E-state index contributed by atoms with van der Waals surface area (Å²) in [5, 5.41) is 8.63. The molecule has 0 heterocycles. The number of azo groups is 1.